The first-order chi connectivity index (χ1) is 13.9. The van der Waals surface area contributed by atoms with Crippen LogP contribution in [0.2, 0.25) is 0 Å². The number of fused-ring (bicyclic) bond motifs is 1. The van der Waals surface area contributed by atoms with Gasteiger partial charge in [0.1, 0.15) is 0 Å². The van der Waals surface area contributed by atoms with Gasteiger partial charge in [-0.2, -0.15) is 5.10 Å². The number of aromatic nitrogens is 2. The fraction of sp³-hybridized carbons (Fsp3) is 0.167. The maximum absolute atomic E-state index is 12.0. The second kappa shape index (κ2) is 8.61. The summed E-state index contributed by atoms with van der Waals surface area (Å²) in [6, 6.07) is 9.85. The lowest BCUT2D eigenvalue weighted by Gasteiger charge is -2.05. The van der Waals surface area contributed by atoms with Gasteiger partial charge < -0.3 is 14.4 Å². The van der Waals surface area contributed by atoms with Gasteiger partial charge in [-0.1, -0.05) is 23.9 Å². The van der Waals surface area contributed by atoms with E-state index in [0.29, 0.717) is 5.16 Å². The van der Waals surface area contributed by atoms with Crippen molar-refractivity contribution < 1.29 is 19.6 Å². The lowest BCUT2D eigenvalue weighted by Crippen LogP contribution is -2.20. The van der Waals surface area contributed by atoms with Crippen LogP contribution in [0.5, 0.6) is 11.5 Å². The summed E-state index contributed by atoms with van der Waals surface area (Å²) in [5.41, 5.74) is 3.81. The number of thioether (sulfide) groups is 1. The molecule has 3 aromatic rings. The second-order valence-electron chi connectivity index (χ2n) is 5.86. The Kier molecular flexibility index (Phi) is 5.98. The Morgan fingerprint density at radius 1 is 1.45 bits per heavy atom. The van der Waals surface area contributed by atoms with Crippen molar-refractivity contribution in [3.63, 3.8) is 0 Å². The van der Waals surface area contributed by atoms with Crippen LogP contribution in [0.15, 0.2) is 46.7 Å². The molecule has 3 rings (SSSR count). The number of ether oxygens (including phenoxy) is 1. The molecule has 0 aliphatic heterocycles. The number of nitro benzene ring substituents is 1. The third-order valence-electron chi connectivity index (χ3n) is 4.00. The number of carbonyl (C=O) groups excluding carboxylic acids is 1. The molecular formula is C18H17N5O5S. The molecule has 0 radical (unpaired) electrons. The molecule has 0 bridgehead atoms. The van der Waals surface area contributed by atoms with Crippen molar-refractivity contribution in [2.24, 2.45) is 12.1 Å². The number of nitro groups is 1. The van der Waals surface area contributed by atoms with Gasteiger partial charge in [-0.15, -0.1) is 0 Å². The molecule has 0 saturated heterocycles. The first-order valence-electron chi connectivity index (χ1n) is 8.32. The molecule has 1 aromatic heterocycles. The number of phenols is 1. The summed E-state index contributed by atoms with van der Waals surface area (Å²) in [6.45, 7) is 0. The van der Waals surface area contributed by atoms with Crippen LogP contribution < -0.4 is 10.2 Å². The molecule has 0 fully saturated rings. The number of hydrazone groups is 1. The summed E-state index contributed by atoms with van der Waals surface area (Å²) in [6.07, 6.45) is 1.09. The molecule has 10 nitrogen and oxygen atoms in total. The lowest BCUT2D eigenvalue weighted by atomic mass is 10.1. The van der Waals surface area contributed by atoms with E-state index in [1.165, 1.54) is 18.9 Å². The average molecular weight is 415 g/mol. The fourth-order valence-electron chi connectivity index (χ4n) is 2.59. The van der Waals surface area contributed by atoms with Crippen LogP contribution >= 0.6 is 11.8 Å². The number of nitrogens with zero attached hydrogens (tertiary/aromatic N) is 4. The van der Waals surface area contributed by atoms with Crippen molar-refractivity contribution in [2.75, 3.05) is 12.9 Å². The molecule has 0 unspecified atom stereocenters. The molecule has 29 heavy (non-hydrogen) atoms. The summed E-state index contributed by atoms with van der Waals surface area (Å²) >= 11 is 1.24. The Labute approximate surface area is 169 Å². The highest BCUT2D eigenvalue weighted by molar-refractivity contribution is 7.99. The van der Waals surface area contributed by atoms with E-state index in [0.717, 1.165) is 29.4 Å². The zero-order valence-electron chi connectivity index (χ0n) is 15.5. The standard InChI is InChI=1S/C18H17N5O5S/c1-22-13-6-4-3-5-12(13)20-18(22)29-10-17(25)21-19-9-11-7-15(24)16(28-2)8-14(11)23(26)27/h3-9,24H,10H2,1-2H3,(H,21,25)/b19-9-. The average Bonchev–Trinajstić information content (AvgIpc) is 3.02. The minimum absolute atomic E-state index is 0.0246. The van der Waals surface area contributed by atoms with Crippen molar-refractivity contribution in [2.45, 2.75) is 5.16 Å². The van der Waals surface area contributed by atoms with Crippen LogP contribution in [0.3, 0.4) is 0 Å². The smallest absolute Gasteiger partial charge is 0.282 e. The number of para-hydroxylation sites is 2. The van der Waals surface area contributed by atoms with Gasteiger partial charge in [0, 0.05) is 7.05 Å². The molecule has 2 N–H and O–H groups in total. The summed E-state index contributed by atoms with van der Waals surface area (Å²) in [5.74, 6) is -0.650. The third kappa shape index (κ3) is 4.46. The van der Waals surface area contributed by atoms with Gasteiger partial charge in [0.15, 0.2) is 16.7 Å². The highest BCUT2D eigenvalue weighted by Crippen LogP contribution is 2.32. The summed E-state index contributed by atoms with van der Waals surface area (Å²) in [4.78, 5) is 27.0. The molecule has 2 aromatic carbocycles. The minimum Gasteiger partial charge on any atom is -0.504 e. The monoisotopic (exact) mass is 415 g/mol. The Hall–Kier alpha value is -3.60. The summed E-state index contributed by atoms with van der Waals surface area (Å²) < 4.78 is 6.75. The minimum atomic E-state index is -0.632. The zero-order valence-corrected chi connectivity index (χ0v) is 16.3. The van der Waals surface area contributed by atoms with E-state index >= 15 is 0 Å². The van der Waals surface area contributed by atoms with Gasteiger partial charge in [-0.05, 0) is 18.2 Å². The van der Waals surface area contributed by atoms with Crippen LogP contribution in [0, 0.1) is 10.1 Å². The van der Waals surface area contributed by atoms with E-state index in [-0.39, 0.29) is 28.5 Å². The highest BCUT2D eigenvalue weighted by atomic mass is 32.2. The van der Waals surface area contributed by atoms with E-state index < -0.39 is 10.8 Å². The number of hydrogen-bond donors (Lipinski definition) is 2. The van der Waals surface area contributed by atoms with Gasteiger partial charge in [-0.3, -0.25) is 14.9 Å². The van der Waals surface area contributed by atoms with Crippen LogP contribution in [0.1, 0.15) is 5.56 Å². The molecule has 0 aliphatic rings. The summed E-state index contributed by atoms with van der Waals surface area (Å²) in [5, 5.41) is 25.4. The molecule has 0 saturated carbocycles. The van der Waals surface area contributed by atoms with Crippen LogP contribution in [0.4, 0.5) is 5.69 Å². The molecule has 1 amide bonds. The highest BCUT2D eigenvalue weighted by Gasteiger charge is 2.17. The quantitative estimate of drug-likeness (QED) is 0.262. The normalized spacial score (nSPS) is 11.1. The van der Waals surface area contributed by atoms with E-state index in [2.05, 4.69) is 15.5 Å². The van der Waals surface area contributed by atoms with E-state index in [1.807, 2.05) is 35.9 Å². The number of rotatable bonds is 7. The number of imidazole rings is 1. The van der Waals surface area contributed by atoms with Crippen molar-refractivity contribution in [3.8, 4) is 11.5 Å². The van der Waals surface area contributed by atoms with Gasteiger partial charge >= 0.3 is 0 Å². The number of amides is 1. The number of aryl methyl sites for hydroxylation is 1. The zero-order chi connectivity index (χ0) is 21.0. The largest absolute Gasteiger partial charge is 0.504 e. The predicted molar refractivity (Wildman–Crippen MR) is 108 cm³/mol. The van der Waals surface area contributed by atoms with Crippen LogP contribution in [-0.4, -0.2) is 44.6 Å². The third-order valence-corrected chi connectivity index (χ3v) is 5.03. The first-order valence-corrected chi connectivity index (χ1v) is 9.30. The molecule has 0 atom stereocenters. The lowest BCUT2D eigenvalue weighted by molar-refractivity contribution is -0.385. The van der Waals surface area contributed by atoms with Gasteiger partial charge in [0.05, 0.1) is 46.7 Å². The number of aromatic hydroxyl groups is 1. The topological polar surface area (TPSA) is 132 Å². The molecule has 0 aliphatic carbocycles. The van der Waals surface area contributed by atoms with Crippen LogP contribution in [0.25, 0.3) is 11.0 Å². The number of methoxy groups -OCH3 is 1. The first kappa shape index (κ1) is 20.1. The number of nitrogens with one attached hydrogen (secondary N) is 1. The fourth-order valence-corrected chi connectivity index (χ4v) is 3.37. The Bertz CT molecular complexity index is 1110. The summed E-state index contributed by atoms with van der Waals surface area (Å²) in [7, 11) is 3.15. The van der Waals surface area contributed by atoms with Crippen molar-refractivity contribution in [1.82, 2.24) is 15.0 Å². The number of benzene rings is 2. The SMILES string of the molecule is COc1cc([N+](=O)[O-])c(/C=N\NC(=O)CSc2nc3ccccc3n2C)cc1O. The molecule has 0 spiro atoms. The molecule has 150 valence electrons. The number of carbonyl (C=O) groups is 1. The van der Waals surface area contributed by atoms with E-state index in [9.17, 15) is 20.0 Å². The predicted octanol–water partition coefficient (Wildman–Crippen LogP) is 2.44. The Morgan fingerprint density at radius 3 is 2.90 bits per heavy atom. The van der Waals surface area contributed by atoms with E-state index in [1.54, 1.807) is 0 Å². The maximum atomic E-state index is 12.0. The number of phenolic OH excluding ortho intramolecular Hbond substituents is 1. The second-order valence-corrected chi connectivity index (χ2v) is 6.81. The Morgan fingerprint density at radius 2 is 2.21 bits per heavy atom. The van der Waals surface area contributed by atoms with Crippen molar-refractivity contribution >= 4 is 40.6 Å². The van der Waals surface area contributed by atoms with Crippen LogP contribution in [-0.2, 0) is 11.8 Å². The van der Waals surface area contributed by atoms with Gasteiger partial charge in [0.2, 0.25) is 0 Å². The van der Waals surface area contributed by atoms with E-state index in [4.69, 9.17) is 4.74 Å². The maximum Gasteiger partial charge on any atom is 0.282 e. The van der Waals surface area contributed by atoms with Gasteiger partial charge in [-0.25, -0.2) is 10.4 Å². The Balaban J connectivity index is 1.64. The number of hydrogen-bond acceptors (Lipinski definition) is 8. The van der Waals surface area contributed by atoms with Crippen molar-refractivity contribution in [1.29, 1.82) is 0 Å². The molecular weight excluding hydrogens is 398 g/mol. The van der Waals surface area contributed by atoms with Crippen molar-refractivity contribution in [3.05, 3.63) is 52.1 Å². The molecule has 11 heteroatoms. The molecule has 1 heterocycles. The van der Waals surface area contributed by atoms with Gasteiger partial charge in [0.25, 0.3) is 11.6 Å².